The molecule has 0 saturated carbocycles. The molecule has 100 valence electrons. The zero-order valence-electron chi connectivity index (χ0n) is 11.0. The fourth-order valence-corrected chi connectivity index (χ4v) is 2.51. The van der Waals surface area contributed by atoms with Gasteiger partial charge in [0.05, 0.1) is 29.2 Å². The molecule has 0 radical (unpaired) electrons. The number of benzene rings is 1. The van der Waals surface area contributed by atoms with Gasteiger partial charge in [0.25, 0.3) is 5.91 Å². The van der Waals surface area contributed by atoms with E-state index in [1.54, 1.807) is 25.3 Å². The van der Waals surface area contributed by atoms with Gasteiger partial charge in [-0.3, -0.25) is 4.79 Å². The maximum absolute atomic E-state index is 12.2. The summed E-state index contributed by atoms with van der Waals surface area (Å²) in [6.45, 7) is 3.68. The zero-order valence-corrected chi connectivity index (χ0v) is 11.8. The van der Waals surface area contributed by atoms with Gasteiger partial charge in [0.15, 0.2) is 0 Å². The molecule has 3 N–H and O–H groups in total. The number of amides is 1. The Morgan fingerprint density at radius 3 is 2.74 bits per heavy atom. The lowest BCUT2D eigenvalue weighted by Crippen LogP contribution is -2.13. The van der Waals surface area contributed by atoms with E-state index in [2.05, 4.69) is 10.3 Å². The summed E-state index contributed by atoms with van der Waals surface area (Å²) in [7, 11) is 1.56. The standard InChI is InChI=1S/C13H15N3O2S/c1-7-12(19-8(2)15-7)13(17)16-11-6-9(18-3)4-5-10(11)14/h4-6H,14H2,1-3H3,(H,16,17). The molecule has 0 aliphatic carbocycles. The number of nitrogens with one attached hydrogen (secondary N) is 1. The molecular formula is C13H15N3O2S. The molecule has 0 atom stereocenters. The average molecular weight is 277 g/mol. The number of nitrogens with zero attached hydrogens (tertiary/aromatic N) is 1. The smallest absolute Gasteiger partial charge is 0.267 e. The van der Waals surface area contributed by atoms with E-state index in [1.807, 2.05) is 13.8 Å². The van der Waals surface area contributed by atoms with Crippen LogP contribution in [0.1, 0.15) is 20.4 Å². The summed E-state index contributed by atoms with van der Waals surface area (Å²) in [5, 5.41) is 3.64. The van der Waals surface area contributed by atoms with Crippen LogP contribution in [0.5, 0.6) is 5.75 Å². The summed E-state index contributed by atoms with van der Waals surface area (Å²) in [4.78, 5) is 17.0. The van der Waals surface area contributed by atoms with Crippen molar-refractivity contribution >= 4 is 28.6 Å². The van der Waals surface area contributed by atoms with Crippen molar-refractivity contribution in [2.24, 2.45) is 0 Å². The maximum Gasteiger partial charge on any atom is 0.267 e. The Kier molecular flexibility index (Phi) is 3.71. The first-order valence-corrected chi connectivity index (χ1v) is 6.52. The van der Waals surface area contributed by atoms with Crippen molar-refractivity contribution in [1.82, 2.24) is 4.98 Å². The van der Waals surface area contributed by atoms with Gasteiger partial charge in [0.2, 0.25) is 0 Å². The molecular weight excluding hydrogens is 262 g/mol. The van der Waals surface area contributed by atoms with E-state index in [-0.39, 0.29) is 5.91 Å². The lowest BCUT2D eigenvalue weighted by Gasteiger charge is -2.09. The van der Waals surface area contributed by atoms with Gasteiger partial charge in [-0.1, -0.05) is 0 Å². The van der Waals surface area contributed by atoms with Crippen LogP contribution in [0.3, 0.4) is 0 Å². The number of thiazole rings is 1. The van der Waals surface area contributed by atoms with Crippen LogP contribution in [0, 0.1) is 13.8 Å². The van der Waals surface area contributed by atoms with Crippen molar-refractivity contribution in [3.63, 3.8) is 0 Å². The van der Waals surface area contributed by atoms with E-state index < -0.39 is 0 Å². The Bertz CT molecular complexity index is 622. The molecule has 0 unspecified atom stereocenters. The Balaban J connectivity index is 2.26. The van der Waals surface area contributed by atoms with Gasteiger partial charge in [-0.15, -0.1) is 11.3 Å². The van der Waals surface area contributed by atoms with Gasteiger partial charge < -0.3 is 15.8 Å². The molecule has 1 amide bonds. The Labute approximate surface area is 115 Å². The summed E-state index contributed by atoms with van der Waals surface area (Å²) in [5.74, 6) is 0.435. The van der Waals surface area contributed by atoms with Crippen molar-refractivity contribution in [2.45, 2.75) is 13.8 Å². The van der Waals surface area contributed by atoms with Crippen molar-refractivity contribution < 1.29 is 9.53 Å². The molecule has 0 spiro atoms. The lowest BCUT2D eigenvalue weighted by atomic mass is 10.2. The minimum Gasteiger partial charge on any atom is -0.497 e. The number of ether oxygens (including phenoxy) is 1. The summed E-state index contributed by atoms with van der Waals surface area (Å²) in [6.07, 6.45) is 0. The number of nitrogens with two attached hydrogens (primary N) is 1. The second-order valence-electron chi connectivity index (χ2n) is 4.05. The quantitative estimate of drug-likeness (QED) is 0.845. The third-order valence-electron chi connectivity index (χ3n) is 2.62. The van der Waals surface area contributed by atoms with Gasteiger partial charge in [-0.25, -0.2) is 4.98 Å². The highest BCUT2D eigenvalue weighted by atomic mass is 32.1. The summed E-state index contributed by atoms with van der Waals surface area (Å²) < 4.78 is 5.11. The zero-order chi connectivity index (χ0) is 14.0. The molecule has 5 nitrogen and oxygen atoms in total. The highest BCUT2D eigenvalue weighted by Crippen LogP contribution is 2.26. The predicted molar refractivity (Wildman–Crippen MR) is 76.9 cm³/mol. The van der Waals surface area contributed by atoms with E-state index in [0.29, 0.717) is 22.0 Å². The van der Waals surface area contributed by atoms with Crippen LogP contribution in [-0.4, -0.2) is 18.0 Å². The Hall–Kier alpha value is -2.08. The predicted octanol–water partition coefficient (Wildman–Crippen LogP) is 2.60. The number of carbonyl (C=O) groups is 1. The van der Waals surface area contributed by atoms with Gasteiger partial charge in [0.1, 0.15) is 10.6 Å². The third-order valence-corrected chi connectivity index (χ3v) is 3.69. The van der Waals surface area contributed by atoms with Crippen LogP contribution < -0.4 is 15.8 Å². The van der Waals surface area contributed by atoms with Crippen LogP contribution in [0.25, 0.3) is 0 Å². The number of hydrogen-bond donors (Lipinski definition) is 2. The topological polar surface area (TPSA) is 77.2 Å². The number of aryl methyl sites for hydroxylation is 2. The first-order valence-electron chi connectivity index (χ1n) is 5.70. The second kappa shape index (κ2) is 5.27. The van der Waals surface area contributed by atoms with E-state index >= 15 is 0 Å². The van der Waals surface area contributed by atoms with E-state index in [4.69, 9.17) is 10.5 Å². The number of anilines is 2. The summed E-state index contributed by atoms with van der Waals surface area (Å²) >= 11 is 1.36. The van der Waals surface area contributed by atoms with Crippen molar-refractivity contribution in [1.29, 1.82) is 0 Å². The van der Waals surface area contributed by atoms with Crippen molar-refractivity contribution in [3.8, 4) is 5.75 Å². The molecule has 19 heavy (non-hydrogen) atoms. The molecule has 0 aliphatic heterocycles. The average Bonchev–Trinajstić information content (AvgIpc) is 2.71. The molecule has 6 heteroatoms. The molecule has 1 aromatic heterocycles. The monoisotopic (exact) mass is 277 g/mol. The molecule has 0 saturated heterocycles. The fraction of sp³-hybridized carbons (Fsp3) is 0.231. The van der Waals surface area contributed by atoms with E-state index in [0.717, 1.165) is 10.7 Å². The molecule has 1 heterocycles. The molecule has 0 aliphatic rings. The van der Waals surface area contributed by atoms with Crippen LogP contribution in [-0.2, 0) is 0 Å². The molecule has 2 rings (SSSR count). The van der Waals surface area contributed by atoms with Crippen molar-refractivity contribution in [2.75, 3.05) is 18.2 Å². The number of nitrogen functional groups attached to an aromatic ring is 1. The van der Waals surface area contributed by atoms with Gasteiger partial charge in [-0.2, -0.15) is 0 Å². The Morgan fingerprint density at radius 2 is 2.16 bits per heavy atom. The maximum atomic E-state index is 12.2. The van der Waals surface area contributed by atoms with Gasteiger partial charge in [-0.05, 0) is 26.0 Å². The molecule has 0 bridgehead atoms. The SMILES string of the molecule is COc1ccc(N)c(NC(=O)c2sc(C)nc2C)c1. The van der Waals surface area contributed by atoms with Crippen LogP contribution in [0.2, 0.25) is 0 Å². The molecule has 1 aromatic carbocycles. The normalized spacial score (nSPS) is 10.3. The van der Waals surface area contributed by atoms with E-state index in [9.17, 15) is 4.79 Å². The van der Waals surface area contributed by atoms with Crippen LogP contribution in [0.4, 0.5) is 11.4 Å². The fourth-order valence-electron chi connectivity index (χ4n) is 1.69. The highest BCUT2D eigenvalue weighted by molar-refractivity contribution is 7.13. The minimum atomic E-state index is -0.206. The molecule has 2 aromatic rings. The number of methoxy groups -OCH3 is 1. The highest BCUT2D eigenvalue weighted by Gasteiger charge is 2.15. The first-order chi connectivity index (χ1) is 9.01. The van der Waals surface area contributed by atoms with Gasteiger partial charge >= 0.3 is 0 Å². The largest absolute Gasteiger partial charge is 0.497 e. The van der Waals surface area contributed by atoms with Crippen LogP contribution in [0.15, 0.2) is 18.2 Å². The summed E-state index contributed by atoms with van der Waals surface area (Å²) in [5.41, 5.74) is 7.59. The third kappa shape index (κ3) is 2.85. The van der Waals surface area contributed by atoms with Crippen LogP contribution >= 0.6 is 11.3 Å². The Morgan fingerprint density at radius 1 is 1.42 bits per heavy atom. The second-order valence-corrected chi connectivity index (χ2v) is 5.26. The number of carbonyl (C=O) groups excluding carboxylic acids is 1. The molecule has 0 fully saturated rings. The number of hydrogen-bond acceptors (Lipinski definition) is 5. The van der Waals surface area contributed by atoms with E-state index in [1.165, 1.54) is 11.3 Å². The number of aromatic nitrogens is 1. The minimum absolute atomic E-state index is 0.206. The first kappa shape index (κ1) is 13.4. The summed E-state index contributed by atoms with van der Waals surface area (Å²) in [6, 6.07) is 5.13. The van der Waals surface area contributed by atoms with Gasteiger partial charge in [0, 0.05) is 6.07 Å². The number of rotatable bonds is 3. The van der Waals surface area contributed by atoms with Crippen molar-refractivity contribution in [3.05, 3.63) is 33.8 Å². The lowest BCUT2D eigenvalue weighted by molar-refractivity contribution is 0.103.